The van der Waals surface area contributed by atoms with Crippen molar-refractivity contribution < 1.29 is 13.6 Å². The molecule has 9 nitrogen and oxygen atoms in total. The number of nitrogens with zero attached hydrogens (tertiary/aromatic N) is 3. The fourth-order valence-electron chi connectivity index (χ4n) is 4.76. The number of aromatic nitrogens is 2. The zero-order chi connectivity index (χ0) is 22.4. The number of aliphatic imine (C=N–C) groups is 1. The number of anilines is 2. The Morgan fingerprint density at radius 3 is 2.21 bits per heavy atom. The average Bonchev–Trinajstić information content (AvgIpc) is 3.51. The second-order valence-corrected chi connectivity index (χ2v) is 8.38. The normalized spacial score (nSPS) is 17.4. The number of guanidine groups is 1. The molecule has 0 bridgehead atoms. The lowest BCUT2D eigenvalue weighted by atomic mass is 9.85. The molecule has 1 spiro atoms. The number of rotatable bonds is 3. The van der Waals surface area contributed by atoms with Crippen molar-refractivity contribution >= 4 is 46.1 Å². The molecule has 1 saturated carbocycles. The largest absolute Gasteiger partial charge is 0.423 e. The first-order chi connectivity index (χ1) is 16.1. The molecule has 9 heteroatoms. The maximum absolute atomic E-state index is 13.4. The summed E-state index contributed by atoms with van der Waals surface area (Å²) in [5.74, 6) is 0.248. The Hall–Kier alpha value is -4.14. The molecule has 2 aliphatic rings. The van der Waals surface area contributed by atoms with Crippen LogP contribution in [0, 0.1) is 0 Å². The van der Waals surface area contributed by atoms with Crippen molar-refractivity contribution in [3.8, 4) is 0 Å². The third-order valence-electron chi connectivity index (χ3n) is 6.16. The van der Waals surface area contributed by atoms with Crippen LogP contribution in [0.2, 0.25) is 0 Å². The standard InChI is InChI=1S/C24H22N6O3/c1-14-19(20(31)28-22-26-15-8-2-4-10-17(15)32-22)24(12-6-7-13-24)30-21(25-14)29-23-27-16-9-3-5-11-18(16)33-23/h2-5,8-11H,6-7,12-13H2,1H3,(H,26,28,31)(H2,25,27,29,30). The first-order valence-electron chi connectivity index (χ1n) is 11.0. The molecule has 2 aromatic carbocycles. The van der Waals surface area contributed by atoms with Gasteiger partial charge in [0.25, 0.3) is 5.91 Å². The summed E-state index contributed by atoms with van der Waals surface area (Å²) < 4.78 is 11.5. The summed E-state index contributed by atoms with van der Waals surface area (Å²) in [7, 11) is 0. The van der Waals surface area contributed by atoms with Gasteiger partial charge >= 0.3 is 12.0 Å². The molecule has 0 radical (unpaired) electrons. The van der Waals surface area contributed by atoms with Crippen molar-refractivity contribution in [1.29, 1.82) is 0 Å². The maximum atomic E-state index is 13.4. The molecule has 3 heterocycles. The van der Waals surface area contributed by atoms with Crippen molar-refractivity contribution in [3.63, 3.8) is 0 Å². The molecule has 1 fully saturated rings. The van der Waals surface area contributed by atoms with E-state index >= 15 is 0 Å². The van der Waals surface area contributed by atoms with Crippen LogP contribution in [0.4, 0.5) is 12.0 Å². The van der Waals surface area contributed by atoms with Crippen molar-refractivity contribution in [3.05, 3.63) is 59.8 Å². The molecule has 2 aromatic heterocycles. The van der Waals surface area contributed by atoms with Crippen molar-refractivity contribution in [2.24, 2.45) is 4.99 Å². The average molecular weight is 442 g/mol. The lowest BCUT2D eigenvalue weighted by molar-refractivity contribution is -0.113. The van der Waals surface area contributed by atoms with Gasteiger partial charge in [-0.05, 0) is 44.0 Å². The minimum atomic E-state index is -0.625. The van der Waals surface area contributed by atoms with Crippen LogP contribution >= 0.6 is 0 Å². The van der Waals surface area contributed by atoms with Crippen LogP contribution in [0.25, 0.3) is 22.2 Å². The van der Waals surface area contributed by atoms with Gasteiger partial charge in [0.05, 0.1) is 11.1 Å². The molecule has 166 valence electrons. The van der Waals surface area contributed by atoms with Crippen LogP contribution in [-0.2, 0) is 4.79 Å². The van der Waals surface area contributed by atoms with Gasteiger partial charge in [-0.15, -0.1) is 0 Å². The molecular weight excluding hydrogens is 420 g/mol. The maximum Gasteiger partial charge on any atom is 0.302 e. The van der Waals surface area contributed by atoms with E-state index < -0.39 is 5.54 Å². The summed E-state index contributed by atoms with van der Waals surface area (Å²) in [5, 5.41) is 9.18. The van der Waals surface area contributed by atoms with E-state index in [1.165, 1.54) is 0 Å². The first kappa shape index (κ1) is 19.5. The lowest BCUT2D eigenvalue weighted by Crippen LogP contribution is -2.45. The molecular formula is C24H22N6O3. The van der Waals surface area contributed by atoms with Gasteiger partial charge in [-0.1, -0.05) is 37.1 Å². The molecule has 1 aliphatic heterocycles. The van der Waals surface area contributed by atoms with Gasteiger partial charge < -0.3 is 14.2 Å². The highest BCUT2D eigenvalue weighted by molar-refractivity contribution is 6.08. The zero-order valence-corrected chi connectivity index (χ0v) is 18.0. The van der Waals surface area contributed by atoms with Crippen LogP contribution in [-0.4, -0.2) is 27.4 Å². The minimum Gasteiger partial charge on any atom is -0.423 e. The molecule has 0 unspecified atom stereocenters. The number of para-hydroxylation sites is 4. The highest BCUT2D eigenvalue weighted by atomic mass is 16.4. The predicted octanol–water partition coefficient (Wildman–Crippen LogP) is 4.57. The number of benzene rings is 2. The van der Waals surface area contributed by atoms with Gasteiger partial charge in [-0.25, -0.2) is 4.99 Å². The number of nitrogens with one attached hydrogen (secondary N) is 3. The summed E-state index contributed by atoms with van der Waals surface area (Å²) in [6.45, 7) is 1.88. The quantitative estimate of drug-likeness (QED) is 0.425. The topological polar surface area (TPSA) is 118 Å². The summed E-state index contributed by atoms with van der Waals surface area (Å²) in [6, 6.07) is 15.5. The second kappa shape index (κ2) is 7.47. The third-order valence-corrected chi connectivity index (χ3v) is 6.16. The van der Waals surface area contributed by atoms with E-state index in [9.17, 15) is 4.79 Å². The molecule has 33 heavy (non-hydrogen) atoms. The third kappa shape index (κ3) is 3.42. The van der Waals surface area contributed by atoms with E-state index in [2.05, 4.69) is 25.9 Å². The number of allylic oxidation sites excluding steroid dienone is 1. The Bertz CT molecular complexity index is 1370. The van der Waals surface area contributed by atoms with Crippen LogP contribution in [0.15, 0.2) is 73.6 Å². The summed E-state index contributed by atoms with van der Waals surface area (Å²) in [4.78, 5) is 27.1. The molecule has 6 rings (SSSR count). The molecule has 1 amide bonds. The number of hydrogen-bond acceptors (Lipinski definition) is 8. The highest BCUT2D eigenvalue weighted by Crippen LogP contribution is 2.42. The Balaban J connectivity index is 1.29. The van der Waals surface area contributed by atoms with Crippen LogP contribution in [0.1, 0.15) is 32.6 Å². The van der Waals surface area contributed by atoms with E-state index in [0.29, 0.717) is 34.2 Å². The fourth-order valence-corrected chi connectivity index (χ4v) is 4.76. The fraction of sp³-hybridized carbons (Fsp3) is 0.250. The van der Waals surface area contributed by atoms with E-state index in [-0.39, 0.29) is 11.9 Å². The molecule has 0 atom stereocenters. The second-order valence-electron chi connectivity index (χ2n) is 8.38. The Morgan fingerprint density at radius 1 is 0.939 bits per heavy atom. The monoisotopic (exact) mass is 442 g/mol. The van der Waals surface area contributed by atoms with Gasteiger partial charge in [0.2, 0.25) is 5.96 Å². The number of oxazole rings is 2. The number of carbonyl (C=O) groups is 1. The molecule has 3 N–H and O–H groups in total. The number of fused-ring (bicyclic) bond motifs is 2. The van der Waals surface area contributed by atoms with Gasteiger partial charge in [0.1, 0.15) is 11.0 Å². The number of hydrogen-bond donors (Lipinski definition) is 3. The Morgan fingerprint density at radius 2 is 1.55 bits per heavy atom. The zero-order valence-electron chi connectivity index (χ0n) is 18.0. The van der Waals surface area contributed by atoms with Crippen molar-refractivity contribution in [2.75, 3.05) is 10.6 Å². The highest BCUT2D eigenvalue weighted by Gasteiger charge is 2.45. The minimum absolute atomic E-state index is 0.175. The number of carbonyl (C=O) groups excluding carboxylic acids is 1. The van der Waals surface area contributed by atoms with E-state index in [1.54, 1.807) is 0 Å². The van der Waals surface area contributed by atoms with Gasteiger partial charge in [-0.2, -0.15) is 9.97 Å². The van der Waals surface area contributed by atoms with Gasteiger partial charge in [0.15, 0.2) is 11.2 Å². The van der Waals surface area contributed by atoms with Crippen LogP contribution in [0.5, 0.6) is 0 Å². The van der Waals surface area contributed by atoms with E-state index in [0.717, 1.165) is 36.9 Å². The smallest absolute Gasteiger partial charge is 0.302 e. The summed E-state index contributed by atoms with van der Waals surface area (Å²) in [5.41, 5.74) is 3.47. The van der Waals surface area contributed by atoms with Crippen molar-refractivity contribution in [2.45, 2.75) is 38.1 Å². The number of amides is 1. The van der Waals surface area contributed by atoms with Crippen molar-refractivity contribution in [1.82, 2.24) is 15.3 Å². The first-order valence-corrected chi connectivity index (χ1v) is 11.0. The Labute approximate surface area is 189 Å². The van der Waals surface area contributed by atoms with E-state index in [4.69, 9.17) is 13.8 Å². The van der Waals surface area contributed by atoms with Crippen LogP contribution < -0.4 is 16.0 Å². The predicted molar refractivity (Wildman–Crippen MR) is 125 cm³/mol. The summed E-state index contributed by atoms with van der Waals surface area (Å²) >= 11 is 0. The molecule has 1 aliphatic carbocycles. The van der Waals surface area contributed by atoms with E-state index in [1.807, 2.05) is 55.5 Å². The SMILES string of the molecule is CC1=C(C(=O)Nc2nc3ccccc3o2)C2(CCCC2)N=C(Nc2nc3ccccc3o2)N1. The molecule has 0 saturated heterocycles. The lowest BCUT2D eigenvalue weighted by Gasteiger charge is -2.33. The van der Waals surface area contributed by atoms with Gasteiger partial charge in [-0.3, -0.25) is 15.4 Å². The Kier molecular flexibility index (Phi) is 4.42. The van der Waals surface area contributed by atoms with Gasteiger partial charge in [0, 0.05) is 5.70 Å². The summed E-state index contributed by atoms with van der Waals surface area (Å²) in [6.07, 6.45) is 3.54. The van der Waals surface area contributed by atoms with Crippen LogP contribution in [0.3, 0.4) is 0 Å². The molecule has 4 aromatic rings.